The largest absolute Gasteiger partial charge is 0.385 e. The molecule has 0 saturated carbocycles. The highest BCUT2D eigenvalue weighted by atomic mass is 19.3. The highest BCUT2D eigenvalue weighted by Crippen LogP contribution is 2.48. The molecule has 0 saturated heterocycles. The minimum absolute atomic E-state index is 0.664. The SMILES string of the molecule is F[C](F)C(F)(F)C(F)(F)c1ccccc1. The molecule has 1 radical (unpaired) electrons. The topological polar surface area (TPSA) is 0 Å². The van der Waals surface area contributed by atoms with Gasteiger partial charge in [0.1, 0.15) is 0 Å². The van der Waals surface area contributed by atoms with Crippen LogP contribution in [0.3, 0.4) is 0 Å². The average Bonchev–Trinajstić information content (AvgIpc) is 2.18. The normalized spacial score (nSPS) is 13.3. The summed E-state index contributed by atoms with van der Waals surface area (Å²) in [5, 5.41) is 0. The molecule has 1 rings (SSSR count). The highest BCUT2D eigenvalue weighted by Gasteiger charge is 2.64. The molecular weight excluding hydrogens is 222 g/mol. The Bertz CT molecular complexity index is 319. The molecule has 0 aliphatic rings. The van der Waals surface area contributed by atoms with Crippen LogP contribution in [0.5, 0.6) is 0 Å². The van der Waals surface area contributed by atoms with Crippen molar-refractivity contribution >= 4 is 0 Å². The minimum Gasteiger partial charge on any atom is -0.194 e. The van der Waals surface area contributed by atoms with Crippen LogP contribution in [0.15, 0.2) is 30.3 Å². The predicted molar refractivity (Wildman–Crippen MR) is 40.7 cm³/mol. The standard InChI is InChI=1S/C9H5F6/c10-7(11)9(14,15)8(12,13)6-4-2-1-3-5-6/h1-5H. The lowest BCUT2D eigenvalue weighted by Crippen LogP contribution is -2.40. The van der Waals surface area contributed by atoms with Crippen molar-refractivity contribution in [3.8, 4) is 0 Å². The molecule has 0 fully saturated rings. The lowest BCUT2D eigenvalue weighted by atomic mass is 10.0. The van der Waals surface area contributed by atoms with Gasteiger partial charge < -0.3 is 0 Å². The van der Waals surface area contributed by atoms with Crippen LogP contribution in [0, 0.1) is 6.43 Å². The van der Waals surface area contributed by atoms with E-state index in [4.69, 9.17) is 0 Å². The van der Waals surface area contributed by atoms with Crippen molar-refractivity contribution in [2.24, 2.45) is 0 Å². The lowest BCUT2D eigenvalue weighted by molar-refractivity contribution is -0.235. The highest BCUT2D eigenvalue weighted by molar-refractivity contribution is 5.24. The summed E-state index contributed by atoms with van der Waals surface area (Å²) < 4.78 is 74.2. The van der Waals surface area contributed by atoms with Gasteiger partial charge in [-0.25, -0.2) is 0 Å². The summed E-state index contributed by atoms with van der Waals surface area (Å²) >= 11 is 0. The molecule has 0 amide bonds. The van der Waals surface area contributed by atoms with E-state index in [1.165, 1.54) is 6.07 Å². The average molecular weight is 227 g/mol. The molecule has 0 bridgehead atoms. The fourth-order valence-corrected chi connectivity index (χ4v) is 0.947. The van der Waals surface area contributed by atoms with Gasteiger partial charge in [0.05, 0.1) is 0 Å². The first-order valence-electron chi connectivity index (χ1n) is 3.79. The Kier molecular flexibility index (Phi) is 2.97. The molecule has 1 aromatic carbocycles. The molecule has 15 heavy (non-hydrogen) atoms. The van der Waals surface area contributed by atoms with Crippen molar-refractivity contribution in [2.45, 2.75) is 11.8 Å². The van der Waals surface area contributed by atoms with Gasteiger partial charge in [-0.15, -0.1) is 0 Å². The summed E-state index contributed by atoms with van der Waals surface area (Å²) in [5.41, 5.74) is -1.15. The van der Waals surface area contributed by atoms with E-state index in [1.54, 1.807) is 0 Å². The molecule has 0 aromatic heterocycles. The Labute approximate surface area is 81.5 Å². The van der Waals surface area contributed by atoms with E-state index in [0.29, 0.717) is 12.1 Å². The molecule has 6 heteroatoms. The van der Waals surface area contributed by atoms with Crippen molar-refractivity contribution in [2.75, 3.05) is 0 Å². The molecule has 0 atom stereocenters. The van der Waals surface area contributed by atoms with Gasteiger partial charge in [-0.1, -0.05) is 30.3 Å². The van der Waals surface area contributed by atoms with Crippen LogP contribution in [-0.2, 0) is 5.92 Å². The summed E-state index contributed by atoms with van der Waals surface area (Å²) in [6.07, 6.45) is -3.60. The first-order valence-corrected chi connectivity index (χ1v) is 3.79. The second kappa shape index (κ2) is 3.75. The minimum atomic E-state index is -5.45. The first kappa shape index (κ1) is 11.9. The fraction of sp³-hybridized carbons (Fsp3) is 0.222. The smallest absolute Gasteiger partial charge is 0.194 e. The van der Waals surface area contributed by atoms with Crippen molar-refractivity contribution in [3.63, 3.8) is 0 Å². The van der Waals surface area contributed by atoms with Crippen LogP contribution < -0.4 is 0 Å². The van der Waals surface area contributed by atoms with Gasteiger partial charge in [-0.05, 0) is 0 Å². The lowest BCUT2D eigenvalue weighted by Gasteiger charge is -2.24. The molecular formula is C9H5F6. The third kappa shape index (κ3) is 1.93. The maximum atomic E-state index is 12.9. The van der Waals surface area contributed by atoms with E-state index in [0.717, 1.165) is 12.1 Å². The van der Waals surface area contributed by atoms with E-state index < -0.39 is 23.8 Å². The van der Waals surface area contributed by atoms with E-state index in [1.807, 2.05) is 0 Å². The zero-order valence-electron chi connectivity index (χ0n) is 7.15. The number of benzene rings is 1. The summed E-state index contributed by atoms with van der Waals surface area (Å²) in [6, 6.07) is 4.77. The number of hydrogen-bond acceptors (Lipinski definition) is 0. The predicted octanol–water partition coefficient (Wildman–Crippen LogP) is 3.84. The van der Waals surface area contributed by atoms with Gasteiger partial charge >= 0.3 is 18.3 Å². The second-order valence-electron chi connectivity index (χ2n) is 2.78. The van der Waals surface area contributed by atoms with Gasteiger partial charge in [-0.3, -0.25) is 0 Å². The third-order valence-corrected chi connectivity index (χ3v) is 1.77. The number of hydrogen-bond donors (Lipinski definition) is 0. The van der Waals surface area contributed by atoms with Crippen LogP contribution in [0.1, 0.15) is 5.56 Å². The molecule has 0 heterocycles. The molecule has 0 aliphatic carbocycles. The van der Waals surface area contributed by atoms with Crippen LogP contribution in [-0.4, -0.2) is 5.92 Å². The Morgan fingerprint density at radius 2 is 1.33 bits per heavy atom. The molecule has 1 aromatic rings. The molecule has 0 nitrogen and oxygen atoms in total. The quantitative estimate of drug-likeness (QED) is 0.688. The van der Waals surface area contributed by atoms with Crippen LogP contribution in [0.25, 0.3) is 0 Å². The van der Waals surface area contributed by atoms with Gasteiger partial charge in [0, 0.05) is 5.56 Å². The molecule has 83 valence electrons. The van der Waals surface area contributed by atoms with E-state index in [9.17, 15) is 26.3 Å². The maximum Gasteiger partial charge on any atom is 0.385 e. The molecule has 0 N–H and O–H groups in total. The Morgan fingerprint density at radius 1 is 0.867 bits per heavy atom. The number of halogens is 6. The Balaban J connectivity index is 3.13. The summed E-state index contributed by atoms with van der Waals surface area (Å²) in [5.74, 6) is -10.4. The van der Waals surface area contributed by atoms with Gasteiger partial charge in [0.2, 0.25) is 0 Å². The van der Waals surface area contributed by atoms with E-state index in [-0.39, 0.29) is 0 Å². The zero-order chi connectivity index (χ0) is 11.7. The van der Waals surface area contributed by atoms with Gasteiger partial charge in [0.15, 0.2) is 0 Å². The maximum absolute atomic E-state index is 12.9. The van der Waals surface area contributed by atoms with Crippen molar-refractivity contribution in [1.82, 2.24) is 0 Å². The second-order valence-corrected chi connectivity index (χ2v) is 2.78. The van der Waals surface area contributed by atoms with Crippen molar-refractivity contribution in [3.05, 3.63) is 42.3 Å². The van der Waals surface area contributed by atoms with Crippen molar-refractivity contribution in [1.29, 1.82) is 0 Å². The zero-order valence-corrected chi connectivity index (χ0v) is 7.15. The van der Waals surface area contributed by atoms with E-state index >= 15 is 0 Å². The Morgan fingerprint density at radius 3 is 1.73 bits per heavy atom. The van der Waals surface area contributed by atoms with Crippen LogP contribution in [0.4, 0.5) is 26.3 Å². The number of alkyl halides is 4. The van der Waals surface area contributed by atoms with Crippen molar-refractivity contribution < 1.29 is 26.3 Å². The number of rotatable bonds is 3. The van der Waals surface area contributed by atoms with Gasteiger partial charge in [-0.2, -0.15) is 26.3 Å². The van der Waals surface area contributed by atoms with Crippen LogP contribution in [0.2, 0.25) is 0 Å². The Hall–Kier alpha value is -1.20. The molecule has 0 spiro atoms. The van der Waals surface area contributed by atoms with E-state index in [2.05, 4.69) is 0 Å². The summed E-state index contributed by atoms with van der Waals surface area (Å²) in [6.45, 7) is 0. The molecule has 0 aliphatic heterocycles. The van der Waals surface area contributed by atoms with Crippen LogP contribution >= 0.6 is 0 Å². The molecule has 0 unspecified atom stereocenters. The summed E-state index contributed by atoms with van der Waals surface area (Å²) in [4.78, 5) is 0. The van der Waals surface area contributed by atoms with Gasteiger partial charge in [0.25, 0.3) is 0 Å². The monoisotopic (exact) mass is 227 g/mol. The third-order valence-electron chi connectivity index (χ3n) is 1.77. The fourth-order valence-electron chi connectivity index (χ4n) is 0.947. The summed E-state index contributed by atoms with van der Waals surface area (Å²) in [7, 11) is 0. The first-order chi connectivity index (χ1) is 6.80.